The van der Waals surface area contributed by atoms with Crippen LogP contribution >= 0.6 is 15.9 Å². The summed E-state index contributed by atoms with van der Waals surface area (Å²) in [4.78, 5) is 4.20. The molecule has 2 aromatic rings. The summed E-state index contributed by atoms with van der Waals surface area (Å²) in [7, 11) is 0. The van der Waals surface area contributed by atoms with Crippen LogP contribution in [0.1, 0.15) is 5.56 Å². The highest BCUT2D eigenvalue weighted by molar-refractivity contribution is 9.10. The number of nitrogen functional groups attached to an aromatic ring is 1. The number of hydrogen-bond acceptors (Lipinski definition) is 3. The van der Waals surface area contributed by atoms with Crippen LogP contribution < -0.4 is 5.73 Å². The Morgan fingerprint density at radius 3 is 2.86 bits per heavy atom. The second-order valence-corrected chi connectivity index (χ2v) is 3.81. The molecule has 0 bridgehead atoms. The molecule has 0 spiro atoms. The fourth-order valence-corrected chi connectivity index (χ4v) is 1.56. The van der Waals surface area contributed by atoms with Crippen molar-refractivity contribution in [3.05, 3.63) is 34.6 Å². The van der Waals surface area contributed by atoms with Crippen LogP contribution in [0.4, 0.5) is 5.82 Å². The summed E-state index contributed by atoms with van der Waals surface area (Å²) in [6, 6.07) is 3.77. The third-order valence-electron chi connectivity index (χ3n) is 1.89. The topological polar surface area (TPSA) is 56.7 Å². The Bertz CT molecular complexity index is 444. The predicted octanol–water partition coefficient (Wildman–Crippen LogP) is 1.92. The van der Waals surface area contributed by atoms with Gasteiger partial charge in [0.25, 0.3) is 0 Å². The van der Waals surface area contributed by atoms with Gasteiger partial charge in [-0.15, -0.1) is 5.10 Å². The molecule has 0 unspecified atom stereocenters. The molecule has 72 valence electrons. The summed E-state index contributed by atoms with van der Waals surface area (Å²) in [5.41, 5.74) is 6.60. The van der Waals surface area contributed by atoms with Gasteiger partial charge in [-0.05, 0) is 35.0 Å². The largest absolute Gasteiger partial charge is 0.382 e. The van der Waals surface area contributed by atoms with Gasteiger partial charge in [0.1, 0.15) is 5.82 Å². The van der Waals surface area contributed by atoms with E-state index in [1.165, 1.54) is 0 Å². The first-order valence-electron chi connectivity index (χ1n) is 4.11. The Hall–Kier alpha value is -1.36. The maximum Gasteiger partial charge on any atom is 0.167 e. The number of hydrogen-bond donors (Lipinski definition) is 1. The van der Waals surface area contributed by atoms with Crippen molar-refractivity contribution in [3.8, 4) is 5.82 Å². The van der Waals surface area contributed by atoms with E-state index in [1.807, 2.05) is 25.3 Å². The van der Waals surface area contributed by atoms with Crippen molar-refractivity contribution in [3.63, 3.8) is 0 Å². The van der Waals surface area contributed by atoms with Crippen molar-refractivity contribution < 1.29 is 0 Å². The summed E-state index contributed by atoms with van der Waals surface area (Å²) < 4.78 is 2.55. The van der Waals surface area contributed by atoms with E-state index < -0.39 is 0 Å². The van der Waals surface area contributed by atoms with Crippen LogP contribution in [0.5, 0.6) is 0 Å². The molecule has 0 saturated carbocycles. The zero-order valence-electron chi connectivity index (χ0n) is 7.61. The number of aryl methyl sites for hydroxylation is 1. The molecule has 0 aliphatic carbocycles. The van der Waals surface area contributed by atoms with Gasteiger partial charge in [-0.3, -0.25) is 0 Å². The predicted molar refractivity (Wildman–Crippen MR) is 58.2 cm³/mol. The number of anilines is 1. The number of pyridine rings is 1. The maximum atomic E-state index is 5.65. The van der Waals surface area contributed by atoms with E-state index in [9.17, 15) is 0 Å². The number of halogens is 1. The Balaban J connectivity index is 2.55. The lowest BCUT2D eigenvalue weighted by Crippen LogP contribution is -1.99. The summed E-state index contributed by atoms with van der Waals surface area (Å²) in [5.74, 6) is 1.27. The Morgan fingerprint density at radius 2 is 2.29 bits per heavy atom. The second-order valence-electron chi connectivity index (χ2n) is 2.95. The highest BCUT2D eigenvalue weighted by atomic mass is 79.9. The van der Waals surface area contributed by atoms with Crippen molar-refractivity contribution in [1.82, 2.24) is 14.8 Å². The lowest BCUT2D eigenvalue weighted by atomic mass is 10.4. The van der Waals surface area contributed by atoms with E-state index in [4.69, 9.17) is 5.73 Å². The Labute approximate surface area is 89.9 Å². The minimum atomic E-state index is 0.530. The van der Waals surface area contributed by atoms with E-state index in [0.29, 0.717) is 5.82 Å². The van der Waals surface area contributed by atoms with Gasteiger partial charge >= 0.3 is 0 Å². The molecule has 0 saturated heterocycles. The zero-order chi connectivity index (χ0) is 10.1. The Kier molecular flexibility index (Phi) is 2.25. The van der Waals surface area contributed by atoms with Gasteiger partial charge in [-0.1, -0.05) is 0 Å². The van der Waals surface area contributed by atoms with Crippen LogP contribution in [0, 0.1) is 6.92 Å². The van der Waals surface area contributed by atoms with Gasteiger partial charge in [0, 0.05) is 18.0 Å². The van der Waals surface area contributed by atoms with E-state index in [1.54, 1.807) is 10.9 Å². The van der Waals surface area contributed by atoms with Crippen LogP contribution in [0.15, 0.2) is 29.0 Å². The van der Waals surface area contributed by atoms with Crippen LogP contribution in [-0.2, 0) is 0 Å². The van der Waals surface area contributed by atoms with E-state index in [-0.39, 0.29) is 0 Å². The third kappa shape index (κ3) is 1.50. The SMILES string of the molecule is Cc1cn(-c2ncccc2Br)nc1N. The van der Waals surface area contributed by atoms with E-state index >= 15 is 0 Å². The van der Waals surface area contributed by atoms with E-state index in [2.05, 4.69) is 26.0 Å². The van der Waals surface area contributed by atoms with Crippen molar-refractivity contribution in [2.75, 3.05) is 5.73 Å². The molecule has 2 N–H and O–H groups in total. The molecule has 0 aliphatic heterocycles. The van der Waals surface area contributed by atoms with Gasteiger partial charge in [0.15, 0.2) is 5.82 Å². The molecule has 0 amide bonds. The summed E-state index contributed by atoms with van der Waals surface area (Å²) in [6.07, 6.45) is 3.57. The van der Waals surface area contributed by atoms with Crippen LogP contribution in [0.3, 0.4) is 0 Å². The molecule has 0 aliphatic rings. The summed E-state index contributed by atoms with van der Waals surface area (Å²) >= 11 is 3.40. The monoisotopic (exact) mass is 252 g/mol. The molecule has 0 radical (unpaired) electrons. The first-order chi connectivity index (χ1) is 6.68. The number of rotatable bonds is 1. The highest BCUT2D eigenvalue weighted by Crippen LogP contribution is 2.19. The molecule has 2 rings (SSSR count). The van der Waals surface area contributed by atoms with Crippen molar-refractivity contribution >= 4 is 21.7 Å². The van der Waals surface area contributed by atoms with Crippen LogP contribution in [0.2, 0.25) is 0 Å². The molecular weight excluding hydrogens is 244 g/mol. The zero-order valence-corrected chi connectivity index (χ0v) is 9.19. The molecule has 14 heavy (non-hydrogen) atoms. The van der Waals surface area contributed by atoms with Crippen LogP contribution in [0.25, 0.3) is 5.82 Å². The lowest BCUT2D eigenvalue weighted by Gasteiger charge is -2.01. The average Bonchev–Trinajstić information content (AvgIpc) is 2.48. The van der Waals surface area contributed by atoms with Crippen molar-refractivity contribution in [2.24, 2.45) is 0 Å². The van der Waals surface area contributed by atoms with Gasteiger partial charge in [0.2, 0.25) is 0 Å². The van der Waals surface area contributed by atoms with Gasteiger partial charge < -0.3 is 5.73 Å². The number of nitrogens with zero attached hydrogens (tertiary/aromatic N) is 3. The lowest BCUT2D eigenvalue weighted by molar-refractivity contribution is 0.846. The summed E-state index contributed by atoms with van der Waals surface area (Å²) in [5, 5.41) is 4.14. The first kappa shape index (κ1) is 9.21. The minimum Gasteiger partial charge on any atom is -0.382 e. The molecule has 2 aromatic heterocycles. The standard InChI is InChI=1S/C9H9BrN4/c1-6-5-14(13-8(6)11)9-7(10)3-2-4-12-9/h2-5H,1H3,(H2,11,13). The fourth-order valence-electron chi connectivity index (χ4n) is 1.13. The average molecular weight is 253 g/mol. The maximum absolute atomic E-state index is 5.65. The first-order valence-corrected chi connectivity index (χ1v) is 4.90. The molecule has 0 aromatic carbocycles. The van der Waals surface area contributed by atoms with Gasteiger partial charge in [-0.2, -0.15) is 0 Å². The van der Waals surface area contributed by atoms with Crippen molar-refractivity contribution in [1.29, 1.82) is 0 Å². The van der Waals surface area contributed by atoms with Gasteiger partial charge in [-0.25, -0.2) is 9.67 Å². The summed E-state index contributed by atoms with van der Waals surface area (Å²) in [6.45, 7) is 1.91. The Morgan fingerprint density at radius 1 is 1.50 bits per heavy atom. The third-order valence-corrected chi connectivity index (χ3v) is 2.51. The highest BCUT2D eigenvalue weighted by Gasteiger charge is 2.06. The van der Waals surface area contributed by atoms with Crippen LogP contribution in [-0.4, -0.2) is 14.8 Å². The minimum absolute atomic E-state index is 0.530. The van der Waals surface area contributed by atoms with E-state index in [0.717, 1.165) is 15.9 Å². The quantitative estimate of drug-likeness (QED) is 0.844. The smallest absolute Gasteiger partial charge is 0.167 e. The second kappa shape index (κ2) is 3.42. The molecule has 0 atom stereocenters. The molecule has 4 nitrogen and oxygen atoms in total. The molecular formula is C9H9BrN4. The molecule has 5 heteroatoms. The molecule has 0 fully saturated rings. The van der Waals surface area contributed by atoms with Crippen molar-refractivity contribution in [2.45, 2.75) is 6.92 Å². The number of aromatic nitrogens is 3. The number of nitrogens with two attached hydrogens (primary N) is 1. The molecule has 2 heterocycles. The normalized spacial score (nSPS) is 10.4. The fraction of sp³-hybridized carbons (Fsp3) is 0.111. The van der Waals surface area contributed by atoms with Gasteiger partial charge in [0.05, 0.1) is 4.47 Å².